The van der Waals surface area contributed by atoms with Gasteiger partial charge in [-0.05, 0) is 30.2 Å². The van der Waals surface area contributed by atoms with Crippen molar-refractivity contribution < 1.29 is 0 Å². The fourth-order valence-corrected chi connectivity index (χ4v) is 2.86. The van der Waals surface area contributed by atoms with Gasteiger partial charge in [-0.25, -0.2) is 0 Å². The van der Waals surface area contributed by atoms with Gasteiger partial charge in [0.15, 0.2) is 0 Å². The minimum absolute atomic E-state index is 0.00685. The number of hydrogen-bond donors (Lipinski definition) is 2. The van der Waals surface area contributed by atoms with Crippen molar-refractivity contribution in [2.45, 2.75) is 12.5 Å². The maximum absolute atomic E-state index is 6.06. The lowest BCUT2D eigenvalue weighted by Crippen LogP contribution is -2.29. The van der Waals surface area contributed by atoms with Crippen molar-refractivity contribution in [3.05, 3.63) is 50.4 Å². The van der Waals surface area contributed by atoms with E-state index in [0.29, 0.717) is 11.4 Å². The van der Waals surface area contributed by atoms with Crippen LogP contribution in [0.15, 0.2) is 30.6 Å². The number of rotatable bonds is 4. The number of nitrogens with one attached hydrogen (secondary N) is 1. The van der Waals surface area contributed by atoms with E-state index in [1.54, 1.807) is 12.4 Å². The van der Waals surface area contributed by atoms with Gasteiger partial charge in [-0.2, -0.15) is 0 Å². The topological polar surface area (TPSA) is 50.9 Å². The number of hydrogen-bond acceptors (Lipinski definition) is 4. The Morgan fingerprint density at radius 3 is 2.76 bits per heavy atom. The smallest absolute Gasteiger partial charge is 0.0931 e. The van der Waals surface area contributed by atoms with Crippen LogP contribution in [0.4, 0.5) is 0 Å². The lowest BCUT2D eigenvalue weighted by atomic mass is 10.1. The predicted molar refractivity (Wildman–Crippen MR) is 72.3 cm³/mol. The summed E-state index contributed by atoms with van der Waals surface area (Å²) < 4.78 is 0.751. The molecule has 3 nitrogen and oxygen atoms in total. The molecule has 0 bridgehead atoms. The van der Waals surface area contributed by atoms with Crippen LogP contribution < -0.4 is 11.3 Å². The Hall–Kier alpha value is -0.650. The van der Waals surface area contributed by atoms with Crippen LogP contribution in [0.25, 0.3) is 0 Å². The molecular formula is C11H11Cl2N3S. The summed E-state index contributed by atoms with van der Waals surface area (Å²) in [6.07, 6.45) is 4.05. The van der Waals surface area contributed by atoms with Crippen molar-refractivity contribution in [1.82, 2.24) is 10.4 Å². The van der Waals surface area contributed by atoms with E-state index in [-0.39, 0.29) is 6.04 Å². The van der Waals surface area contributed by atoms with E-state index in [1.807, 2.05) is 18.2 Å². The molecule has 2 aromatic rings. The van der Waals surface area contributed by atoms with Crippen LogP contribution in [-0.4, -0.2) is 4.98 Å². The molecule has 1 atom stereocenters. The molecule has 2 rings (SSSR count). The summed E-state index contributed by atoms with van der Waals surface area (Å²) in [7, 11) is 0. The van der Waals surface area contributed by atoms with Crippen LogP contribution >= 0.6 is 34.5 Å². The Labute approximate surface area is 114 Å². The Kier molecular flexibility index (Phi) is 4.36. The van der Waals surface area contributed by atoms with Crippen molar-refractivity contribution in [3.8, 4) is 0 Å². The zero-order valence-corrected chi connectivity index (χ0v) is 11.2. The summed E-state index contributed by atoms with van der Waals surface area (Å²) in [6.45, 7) is 0. The highest BCUT2D eigenvalue weighted by Gasteiger charge is 2.14. The first kappa shape index (κ1) is 12.8. The van der Waals surface area contributed by atoms with Crippen LogP contribution in [0.1, 0.15) is 16.5 Å². The van der Waals surface area contributed by atoms with Crippen LogP contribution in [0.3, 0.4) is 0 Å². The van der Waals surface area contributed by atoms with Crippen LogP contribution in [0.2, 0.25) is 9.36 Å². The number of nitrogens with two attached hydrogens (primary N) is 1. The summed E-state index contributed by atoms with van der Waals surface area (Å²) in [4.78, 5) is 5.04. The number of pyridine rings is 1. The van der Waals surface area contributed by atoms with E-state index >= 15 is 0 Å². The van der Waals surface area contributed by atoms with Crippen molar-refractivity contribution in [2.75, 3.05) is 0 Å². The Morgan fingerprint density at radius 1 is 1.35 bits per heavy atom. The molecule has 0 radical (unpaired) electrons. The first-order valence-corrected chi connectivity index (χ1v) is 6.57. The first-order chi connectivity index (χ1) is 8.20. The molecule has 0 saturated carbocycles. The third kappa shape index (κ3) is 3.18. The van der Waals surface area contributed by atoms with Gasteiger partial charge in [-0.15, -0.1) is 11.3 Å². The van der Waals surface area contributed by atoms with E-state index in [4.69, 9.17) is 29.0 Å². The number of nitrogens with zero attached hydrogens (tertiary/aromatic N) is 1. The lowest BCUT2D eigenvalue weighted by Gasteiger charge is -2.14. The molecule has 0 aliphatic carbocycles. The van der Waals surface area contributed by atoms with E-state index in [1.165, 1.54) is 11.3 Å². The Morgan fingerprint density at radius 2 is 2.18 bits per heavy atom. The molecule has 0 aliphatic rings. The molecule has 1 unspecified atom stereocenters. The number of aromatic nitrogens is 1. The van der Waals surface area contributed by atoms with Gasteiger partial charge in [-0.3, -0.25) is 16.3 Å². The normalized spacial score (nSPS) is 12.6. The minimum Gasteiger partial charge on any atom is -0.271 e. The van der Waals surface area contributed by atoms with Gasteiger partial charge in [0, 0.05) is 17.3 Å². The minimum atomic E-state index is 0.00685. The van der Waals surface area contributed by atoms with Crippen molar-refractivity contribution in [2.24, 2.45) is 5.84 Å². The molecule has 0 amide bonds. The number of halogens is 2. The van der Waals surface area contributed by atoms with Crippen molar-refractivity contribution in [1.29, 1.82) is 0 Å². The van der Waals surface area contributed by atoms with Crippen LogP contribution in [-0.2, 0) is 6.42 Å². The third-order valence-electron chi connectivity index (χ3n) is 2.42. The summed E-state index contributed by atoms with van der Waals surface area (Å²) in [5.74, 6) is 5.57. The molecule has 17 heavy (non-hydrogen) atoms. The summed E-state index contributed by atoms with van der Waals surface area (Å²) >= 11 is 13.5. The van der Waals surface area contributed by atoms with E-state index in [2.05, 4.69) is 10.4 Å². The fraction of sp³-hybridized carbons (Fsp3) is 0.182. The van der Waals surface area contributed by atoms with E-state index in [0.717, 1.165) is 14.8 Å². The third-order valence-corrected chi connectivity index (χ3v) is 4.10. The van der Waals surface area contributed by atoms with Crippen LogP contribution in [0.5, 0.6) is 0 Å². The molecular weight excluding hydrogens is 277 g/mol. The van der Waals surface area contributed by atoms with E-state index in [9.17, 15) is 0 Å². The second-order valence-corrected chi connectivity index (χ2v) is 5.69. The van der Waals surface area contributed by atoms with Gasteiger partial charge in [0.05, 0.1) is 15.4 Å². The summed E-state index contributed by atoms with van der Waals surface area (Å²) in [5, 5.41) is 0.649. The Balaban J connectivity index is 2.18. The number of hydrazine groups is 1. The highest BCUT2D eigenvalue weighted by Crippen LogP contribution is 2.29. The quantitative estimate of drug-likeness (QED) is 0.671. The molecule has 6 heteroatoms. The van der Waals surface area contributed by atoms with E-state index < -0.39 is 0 Å². The predicted octanol–water partition coefficient (Wildman–Crippen LogP) is 3.20. The zero-order chi connectivity index (χ0) is 12.3. The molecule has 0 spiro atoms. The molecule has 0 aliphatic heterocycles. The van der Waals surface area contributed by atoms with Crippen LogP contribution in [0, 0.1) is 0 Å². The van der Waals surface area contributed by atoms with Crippen molar-refractivity contribution in [3.63, 3.8) is 0 Å². The van der Waals surface area contributed by atoms with Gasteiger partial charge < -0.3 is 0 Å². The highest BCUT2D eigenvalue weighted by atomic mass is 35.5. The average Bonchev–Trinajstić information content (AvgIpc) is 2.75. The monoisotopic (exact) mass is 287 g/mol. The van der Waals surface area contributed by atoms with Gasteiger partial charge in [0.1, 0.15) is 0 Å². The fourth-order valence-electron chi connectivity index (χ4n) is 1.55. The highest BCUT2D eigenvalue weighted by molar-refractivity contribution is 7.16. The lowest BCUT2D eigenvalue weighted by molar-refractivity contribution is 0.560. The van der Waals surface area contributed by atoms with Gasteiger partial charge in [0.25, 0.3) is 0 Å². The summed E-state index contributed by atoms with van der Waals surface area (Å²) in [5.41, 5.74) is 3.79. The molecule has 90 valence electrons. The average molecular weight is 288 g/mol. The second kappa shape index (κ2) is 5.80. The maximum atomic E-state index is 6.06. The maximum Gasteiger partial charge on any atom is 0.0931 e. The second-order valence-electron chi connectivity index (χ2n) is 3.53. The first-order valence-electron chi connectivity index (χ1n) is 5.00. The number of thiophene rings is 1. The SMILES string of the molecule is NNC(Cc1ccncc1Cl)c1ccc(Cl)s1. The van der Waals surface area contributed by atoms with Gasteiger partial charge in [0.2, 0.25) is 0 Å². The molecule has 0 saturated heterocycles. The standard InChI is InChI=1S/C11H11Cl2N3S/c12-8-6-15-4-3-7(8)5-9(16-14)10-1-2-11(13)17-10/h1-4,6,9,16H,5,14H2. The molecule has 0 aromatic carbocycles. The Bertz CT molecular complexity index is 501. The summed E-state index contributed by atoms with van der Waals surface area (Å²) in [6, 6.07) is 5.72. The molecule has 3 N–H and O–H groups in total. The largest absolute Gasteiger partial charge is 0.271 e. The molecule has 2 heterocycles. The zero-order valence-electron chi connectivity index (χ0n) is 8.86. The van der Waals surface area contributed by atoms with Crippen molar-refractivity contribution >= 4 is 34.5 Å². The molecule has 0 fully saturated rings. The van der Waals surface area contributed by atoms with Gasteiger partial charge >= 0.3 is 0 Å². The molecule has 2 aromatic heterocycles. The van der Waals surface area contributed by atoms with Gasteiger partial charge in [-0.1, -0.05) is 23.2 Å².